The fourth-order valence-electron chi connectivity index (χ4n) is 0.472. The van der Waals surface area contributed by atoms with Gasteiger partial charge in [-0.25, -0.2) is 4.42 Å². The van der Waals surface area contributed by atoms with Gasteiger partial charge in [-0.1, -0.05) is 0 Å². The van der Waals surface area contributed by atoms with Gasteiger partial charge in [-0.3, -0.25) is 4.55 Å². The maximum Gasteiger partial charge on any atom is 0.468 e. The second-order valence-corrected chi connectivity index (χ2v) is 2.95. The molecule has 0 saturated carbocycles. The Balaban J connectivity index is 3.22. The Kier molecular flexibility index (Phi) is 1.69. The van der Waals surface area contributed by atoms with Crippen LogP contribution in [0.1, 0.15) is 0 Å². The predicted octanol–water partition coefficient (Wildman–Crippen LogP) is 0.807. The third-order valence-corrected chi connectivity index (χ3v) is 1.60. The van der Waals surface area contributed by atoms with Gasteiger partial charge >= 0.3 is 21.5 Å². The average molecular weight is 161 g/mol. The molecule has 0 aromatic carbocycles. The lowest BCUT2D eigenvalue weighted by Gasteiger charge is -1.79. The van der Waals surface area contributed by atoms with Gasteiger partial charge in [0.1, 0.15) is 0 Å². The first-order valence-electron chi connectivity index (χ1n) is 2.45. The Morgan fingerprint density at radius 1 is 1.40 bits per heavy atom. The van der Waals surface area contributed by atoms with E-state index in [0.717, 1.165) is 6.07 Å². The molecule has 0 bridgehead atoms. The lowest BCUT2D eigenvalue weighted by atomic mass is 10.5. The average Bonchev–Trinajstić information content (AvgIpc) is 1.88. The number of rotatable bonds is 1. The minimum Gasteiger partial charge on any atom is -0.275 e. The summed E-state index contributed by atoms with van der Waals surface area (Å²) in [6, 6.07) is 4.12. The van der Waals surface area contributed by atoms with Gasteiger partial charge in [0, 0.05) is 6.07 Å². The van der Waals surface area contributed by atoms with E-state index in [1.807, 2.05) is 0 Å². The molecule has 0 amide bonds. The van der Waals surface area contributed by atoms with Gasteiger partial charge in [0.2, 0.25) is 0 Å². The van der Waals surface area contributed by atoms with Crippen LogP contribution < -0.4 is 0 Å². The van der Waals surface area contributed by atoms with Gasteiger partial charge in [0.05, 0.1) is 6.07 Å². The molecule has 5 heteroatoms. The van der Waals surface area contributed by atoms with Crippen molar-refractivity contribution in [3.8, 4) is 0 Å². The summed E-state index contributed by atoms with van der Waals surface area (Å²) in [6.07, 6.45) is 1.17. The van der Waals surface area contributed by atoms with Crippen LogP contribution in [0.25, 0.3) is 0 Å². The van der Waals surface area contributed by atoms with Crippen molar-refractivity contribution in [1.82, 2.24) is 0 Å². The summed E-state index contributed by atoms with van der Waals surface area (Å²) in [5, 5.41) is -0.449. The smallest absolute Gasteiger partial charge is 0.275 e. The lowest BCUT2D eigenvalue weighted by Crippen LogP contribution is -1.96. The van der Waals surface area contributed by atoms with Crippen molar-refractivity contribution in [2.24, 2.45) is 0 Å². The number of hydrogen-bond acceptors (Lipinski definition) is 2. The standard InChI is InChI=1S/C5H4O4S/c6-10(7,8)5-3-1-2-4-9-5/h1-4H/p+1. The summed E-state index contributed by atoms with van der Waals surface area (Å²) >= 11 is 0. The van der Waals surface area contributed by atoms with Crippen LogP contribution in [0.5, 0.6) is 0 Å². The van der Waals surface area contributed by atoms with Gasteiger partial charge in [-0.05, 0) is 6.07 Å². The second-order valence-electron chi connectivity index (χ2n) is 1.60. The van der Waals surface area contributed by atoms with Crippen LogP contribution >= 0.6 is 0 Å². The zero-order chi connectivity index (χ0) is 7.61. The SMILES string of the molecule is O=S(=O)(O)c1cccc[o+]1. The van der Waals surface area contributed by atoms with Crippen LogP contribution in [0.15, 0.2) is 34.0 Å². The van der Waals surface area contributed by atoms with Gasteiger partial charge in [-0.15, -0.1) is 0 Å². The van der Waals surface area contributed by atoms with Crippen molar-refractivity contribution in [2.45, 2.75) is 5.09 Å². The highest BCUT2D eigenvalue weighted by Gasteiger charge is 2.21. The molecule has 0 unspecified atom stereocenters. The first-order valence-corrected chi connectivity index (χ1v) is 3.89. The molecule has 1 aromatic rings. The van der Waals surface area contributed by atoms with E-state index in [4.69, 9.17) is 4.55 Å². The Hall–Kier alpha value is -0.940. The minimum atomic E-state index is -4.17. The van der Waals surface area contributed by atoms with E-state index in [-0.39, 0.29) is 0 Å². The van der Waals surface area contributed by atoms with Gasteiger partial charge in [0.15, 0.2) is 0 Å². The molecule has 1 N–H and O–H groups in total. The maximum absolute atomic E-state index is 10.3. The Bertz CT molecular complexity index is 302. The molecule has 1 rings (SSSR count). The van der Waals surface area contributed by atoms with E-state index >= 15 is 0 Å². The summed E-state index contributed by atoms with van der Waals surface area (Å²) in [6.45, 7) is 0. The Morgan fingerprint density at radius 3 is 2.40 bits per heavy atom. The van der Waals surface area contributed by atoms with Crippen LogP contribution in [0.2, 0.25) is 0 Å². The zero-order valence-corrected chi connectivity index (χ0v) is 5.71. The molecule has 4 nitrogen and oxygen atoms in total. The van der Waals surface area contributed by atoms with Crippen molar-refractivity contribution in [3.05, 3.63) is 24.5 Å². The molecule has 0 radical (unpaired) electrons. The van der Waals surface area contributed by atoms with Crippen molar-refractivity contribution < 1.29 is 17.4 Å². The summed E-state index contributed by atoms with van der Waals surface area (Å²) in [7, 11) is -4.17. The van der Waals surface area contributed by atoms with Crippen molar-refractivity contribution in [1.29, 1.82) is 0 Å². The fourth-order valence-corrected chi connectivity index (χ4v) is 0.900. The molecule has 0 fully saturated rings. The second kappa shape index (κ2) is 2.36. The molecule has 0 aliphatic rings. The van der Waals surface area contributed by atoms with Gasteiger partial charge < -0.3 is 0 Å². The van der Waals surface area contributed by atoms with E-state index in [9.17, 15) is 8.42 Å². The van der Waals surface area contributed by atoms with Crippen molar-refractivity contribution in [3.63, 3.8) is 0 Å². The predicted molar refractivity (Wildman–Crippen MR) is 32.9 cm³/mol. The summed E-state index contributed by atoms with van der Waals surface area (Å²) in [4.78, 5) is 0. The third-order valence-electron chi connectivity index (χ3n) is 0.860. The molecular formula is C5H5O4S+. The largest absolute Gasteiger partial charge is 0.468 e. The van der Waals surface area contributed by atoms with Crippen LogP contribution in [0, 0.1) is 0 Å². The van der Waals surface area contributed by atoms with E-state index in [1.165, 1.54) is 18.4 Å². The first kappa shape index (κ1) is 7.17. The molecule has 0 saturated heterocycles. The quantitative estimate of drug-likeness (QED) is 0.489. The molecule has 0 aliphatic heterocycles. The third kappa shape index (κ3) is 1.52. The highest BCUT2D eigenvalue weighted by molar-refractivity contribution is 7.85. The van der Waals surface area contributed by atoms with E-state index in [2.05, 4.69) is 4.42 Å². The fraction of sp³-hybridized carbons (Fsp3) is 0. The molecular weight excluding hydrogens is 156 g/mol. The zero-order valence-electron chi connectivity index (χ0n) is 4.89. The number of hydrogen-bond donors (Lipinski definition) is 1. The molecule has 0 spiro atoms. The van der Waals surface area contributed by atoms with Crippen molar-refractivity contribution >= 4 is 10.1 Å². The van der Waals surface area contributed by atoms with Crippen LogP contribution in [-0.2, 0) is 10.1 Å². The van der Waals surface area contributed by atoms with Gasteiger partial charge in [-0.2, -0.15) is 8.42 Å². The Morgan fingerprint density at radius 2 is 2.10 bits per heavy atom. The highest BCUT2D eigenvalue weighted by Crippen LogP contribution is 2.05. The molecule has 54 valence electrons. The summed E-state index contributed by atoms with van der Waals surface area (Å²) < 4.78 is 33.4. The summed E-state index contributed by atoms with van der Waals surface area (Å²) in [5.74, 6) is 0. The molecule has 0 atom stereocenters. The maximum atomic E-state index is 10.3. The van der Waals surface area contributed by atoms with Crippen LogP contribution in [0.3, 0.4) is 0 Å². The normalized spacial score (nSPS) is 11.3. The van der Waals surface area contributed by atoms with E-state index < -0.39 is 15.2 Å². The molecule has 0 aliphatic carbocycles. The molecule has 1 aromatic heterocycles. The van der Waals surface area contributed by atoms with Crippen molar-refractivity contribution in [2.75, 3.05) is 0 Å². The van der Waals surface area contributed by atoms with Gasteiger partial charge in [0.25, 0.3) is 0 Å². The summed E-state index contributed by atoms with van der Waals surface area (Å²) in [5.41, 5.74) is 0. The minimum absolute atomic E-state index is 0.449. The Labute approximate surface area is 57.9 Å². The topological polar surface area (TPSA) is 65.7 Å². The van der Waals surface area contributed by atoms with E-state index in [0.29, 0.717) is 0 Å². The molecule has 10 heavy (non-hydrogen) atoms. The molecule has 1 heterocycles. The highest BCUT2D eigenvalue weighted by atomic mass is 32.2. The lowest BCUT2D eigenvalue weighted by molar-refractivity contribution is 0.395. The van der Waals surface area contributed by atoms with E-state index in [1.54, 1.807) is 0 Å². The monoisotopic (exact) mass is 161 g/mol. The van der Waals surface area contributed by atoms with Crippen LogP contribution in [-0.4, -0.2) is 13.0 Å². The first-order chi connectivity index (χ1) is 4.61. The van der Waals surface area contributed by atoms with Crippen LogP contribution in [0.4, 0.5) is 0 Å².